The van der Waals surface area contributed by atoms with Crippen LogP contribution in [0.15, 0.2) is 17.3 Å². The number of nitrogens with zero attached hydrogens (tertiary/aromatic N) is 2. The quantitative estimate of drug-likeness (QED) is 0.826. The smallest absolute Gasteiger partial charge is 0.242 e. The number of rotatable bonds is 6. The Bertz CT molecular complexity index is 645. The van der Waals surface area contributed by atoms with E-state index in [1.54, 1.807) is 0 Å². The summed E-state index contributed by atoms with van der Waals surface area (Å²) in [6.45, 7) is 1.38. The molecular weight excluding hydrogens is 306 g/mol. The van der Waals surface area contributed by atoms with E-state index >= 15 is 0 Å². The van der Waals surface area contributed by atoms with Crippen molar-refractivity contribution >= 4 is 15.7 Å². The lowest BCUT2D eigenvalue weighted by molar-refractivity contribution is -0.122. The number of primary amides is 1. The van der Waals surface area contributed by atoms with Crippen LogP contribution in [0.3, 0.4) is 0 Å². The summed E-state index contributed by atoms with van der Waals surface area (Å²) in [5.41, 5.74) is 5.50. The second-order valence-corrected chi connectivity index (χ2v) is 8.34. The van der Waals surface area contributed by atoms with Crippen LogP contribution in [0.1, 0.15) is 38.1 Å². The van der Waals surface area contributed by atoms with Crippen molar-refractivity contribution in [1.29, 1.82) is 0 Å². The third-order valence-electron chi connectivity index (χ3n) is 4.41. The summed E-state index contributed by atoms with van der Waals surface area (Å²) in [6, 6.07) is -0.605. The number of ether oxygens (including phenoxy) is 1. The van der Waals surface area contributed by atoms with E-state index in [0.29, 0.717) is 38.4 Å². The molecular formula is C14H21N3O4S. The highest BCUT2D eigenvalue weighted by Gasteiger charge is 2.38. The van der Waals surface area contributed by atoms with Crippen LogP contribution in [-0.2, 0) is 19.4 Å². The van der Waals surface area contributed by atoms with Gasteiger partial charge < -0.3 is 10.5 Å². The molecule has 2 N–H and O–H groups in total. The van der Waals surface area contributed by atoms with Gasteiger partial charge in [-0.25, -0.2) is 8.42 Å². The molecule has 22 heavy (non-hydrogen) atoms. The molecule has 2 aliphatic rings. The molecule has 1 atom stereocenters. The van der Waals surface area contributed by atoms with E-state index in [2.05, 4.69) is 5.10 Å². The highest BCUT2D eigenvalue weighted by atomic mass is 32.2. The maximum absolute atomic E-state index is 12.2. The van der Waals surface area contributed by atoms with Crippen molar-refractivity contribution in [2.45, 2.75) is 48.3 Å². The van der Waals surface area contributed by atoms with E-state index in [1.807, 2.05) is 0 Å². The summed E-state index contributed by atoms with van der Waals surface area (Å²) in [7, 11) is -3.29. The topological polar surface area (TPSA) is 104 Å². The average Bonchev–Trinajstić information content (AvgIpc) is 3.24. The predicted octanol–water partition coefficient (Wildman–Crippen LogP) is 0.662. The first kappa shape index (κ1) is 15.5. The summed E-state index contributed by atoms with van der Waals surface area (Å²) in [5, 5.41) is 3.80. The number of amides is 1. The fraction of sp³-hybridized carbons (Fsp3) is 0.714. The van der Waals surface area contributed by atoms with Gasteiger partial charge in [-0.3, -0.25) is 9.48 Å². The fourth-order valence-corrected chi connectivity index (χ4v) is 4.45. The van der Waals surface area contributed by atoms with Gasteiger partial charge in [0, 0.05) is 19.4 Å². The van der Waals surface area contributed by atoms with Crippen molar-refractivity contribution in [3.8, 4) is 0 Å². The molecule has 0 spiro atoms. The van der Waals surface area contributed by atoms with Crippen LogP contribution >= 0.6 is 0 Å². The molecule has 0 aromatic carbocycles. The van der Waals surface area contributed by atoms with Crippen LogP contribution in [0.5, 0.6) is 0 Å². The van der Waals surface area contributed by atoms with Gasteiger partial charge in [-0.05, 0) is 38.0 Å². The molecule has 1 aromatic rings. The lowest BCUT2D eigenvalue weighted by atomic mass is 9.92. The van der Waals surface area contributed by atoms with E-state index in [4.69, 9.17) is 10.5 Å². The molecule has 1 saturated heterocycles. The molecule has 0 bridgehead atoms. The second-order valence-electron chi connectivity index (χ2n) is 6.11. The monoisotopic (exact) mass is 327 g/mol. The fourth-order valence-electron chi connectivity index (χ4n) is 2.86. The molecule has 1 aromatic heterocycles. The van der Waals surface area contributed by atoms with Gasteiger partial charge in [0.2, 0.25) is 5.91 Å². The van der Waals surface area contributed by atoms with E-state index in [1.165, 1.54) is 17.1 Å². The minimum Gasteiger partial charge on any atom is -0.381 e. The Kier molecular flexibility index (Phi) is 4.22. The maximum atomic E-state index is 12.2. The third-order valence-corrected chi connectivity index (χ3v) is 6.63. The first-order chi connectivity index (χ1) is 10.5. The van der Waals surface area contributed by atoms with Gasteiger partial charge in [0.25, 0.3) is 0 Å². The Morgan fingerprint density at radius 1 is 1.36 bits per heavy atom. The molecule has 8 heteroatoms. The number of nitrogens with two attached hydrogens (primary N) is 1. The number of carbonyl (C=O) groups is 1. The average molecular weight is 327 g/mol. The molecule has 1 aliphatic heterocycles. The van der Waals surface area contributed by atoms with Gasteiger partial charge in [0.05, 0.1) is 11.4 Å². The van der Waals surface area contributed by atoms with Crippen LogP contribution in [0.4, 0.5) is 0 Å². The lowest BCUT2D eigenvalue weighted by Crippen LogP contribution is -2.30. The number of hydrogen-bond donors (Lipinski definition) is 1. The zero-order valence-corrected chi connectivity index (χ0v) is 13.2. The minimum absolute atomic E-state index is 0.188. The van der Waals surface area contributed by atoms with Crippen molar-refractivity contribution in [2.75, 3.05) is 13.2 Å². The Morgan fingerprint density at radius 2 is 2.05 bits per heavy atom. The Labute approximate surface area is 129 Å². The molecule has 1 unspecified atom stereocenters. The van der Waals surface area contributed by atoms with Crippen LogP contribution in [-0.4, -0.2) is 42.6 Å². The summed E-state index contributed by atoms with van der Waals surface area (Å²) in [6.07, 6.45) is 6.53. The van der Waals surface area contributed by atoms with Gasteiger partial charge in [0.1, 0.15) is 10.9 Å². The third kappa shape index (κ3) is 3.17. The summed E-state index contributed by atoms with van der Waals surface area (Å²) >= 11 is 0. The molecule has 1 saturated carbocycles. The van der Waals surface area contributed by atoms with Crippen molar-refractivity contribution in [2.24, 2.45) is 11.7 Å². The van der Waals surface area contributed by atoms with Crippen molar-refractivity contribution in [3.63, 3.8) is 0 Å². The molecule has 7 nitrogen and oxygen atoms in total. The standard InChI is InChI=1S/C14H21N3O4S/c15-14(18)13(7-10-3-5-21-6-4-10)17-9-12(8-16-17)22(19,20)11-1-2-11/h8-11,13H,1-7H2,(H2,15,18). The first-order valence-electron chi connectivity index (χ1n) is 7.63. The van der Waals surface area contributed by atoms with Gasteiger partial charge in [-0.15, -0.1) is 0 Å². The van der Waals surface area contributed by atoms with Gasteiger partial charge in [0.15, 0.2) is 9.84 Å². The van der Waals surface area contributed by atoms with Crippen LogP contribution in [0.25, 0.3) is 0 Å². The lowest BCUT2D eigenvalue weighted by Gasteiger charge is -2.25. The normalized spacial score (nSPS) is 21.6. The molecule has 2 heterocycles. The summed E-state index contributed by atoms with van der Waals surface area (Å²) < 4.78 is 31.1. The van der Waals surface area contributed by atoms with Gasteiger partial charge >= 0.3 is 0 Å². The Morgan fingerprint density at radius 3 is 2.64 bits per heavy atom. The van der Waals surface area contributed by atoms with Gasteiger partial charge in [-0.1, -0.05) is 0 Å². The molecule has 0 radical (unpaired) electrons. The van der Waals surface area contributed by atoms with Crippen LogP contribution in [0, 0.1) is 5.92 Å². The highest BCUT2D eigenvalue weighted by Crippen LogP contribution is 2.34. The minimum atomic E-state index is -3.29. The van der Waals surface area contributed by atoms with Crippen LogP contribution in [0.2, 0.25) is 0 Å². The number of carbonyl (C=O) groups excluding carboxylic acids is 1. The Hall–Kier alpha value is -1.41. The molecule has 2 fully saturated rings. The maximum Gasteiger partial charge on any atom is 0.242 e. The molecule has 122 valence electrons. The number of sulfone groups is 1. The highest BCUT2D eigenvalue weighted by molar-refractivity contribution is 7.92. The summed E-state index contributed by atoms with van der Waals surface area (Å²) in [5.74, 6) is -0.135. The largest absolute Gasteiger partial charge is 0.381 e. The van der Waals surface area contributed by atoms with Crippen molar-refractivity contribution < 1.29 is 17.9 Å². The zero-order valence-electron chi connectivity index (χ0n) is 12.3. The molecule has 1 aliphatic carbocycles. The second kappa shape index (κ2) is 6.00. The molecule has 3 rings (SSSR count). The summed E-state index contributed by atoms with van der Waals surface area (Å²) in [4.78, 5) is 11.9. The van der Waals surface area contributed by atoms with E-state index in [0.717, 1.165) is 12.8 Å². The van der Waals surface area contributed by atoms with E-state index in [9.17, 15) is 13.2 Å². The van der Waals surface area contributed by atoms with Crippen molar-refractivity contribution in [1.82, 2.24) is 9.78 Å². The number of hydrogen-bond acceptors (Lipinski definition) is 5. The number of aromatic nitrogens is 2. The van der Waals surface area contributed by atoms with Crippen LogP contribution < -0.4 is 5.73 Å². The first-order valence-corrected chi connectivity index (χ1v) is 9.18. The predicted molar refractivity (Wildman–Crippen MR) is 78.8 cm³/mol. The zero-order chi connectivity index (χ0) is 15.7. The Balaban J connectivity index is 1.77. The SMILES string of the molecule is NC(=O)C(CC1CCOCC1)n1cc(S(=O)(=O)C2CC2)cn1. The van der Waals surface area contributed by atoms with Crippen molar-refractivity contribution in [3.05, 3.63) is 12.4 Å². The molecule has 1 amide bonds. The van der Waals surface area contributed by atoms with Gasteiger partial charge in [-0.2, -0.15) is 5.10 Å². The van der Waals surface area contributed by atoms with E-state index in [-0.39, 0.29) is 10.1 Å². The van der Waals surface area contributed by atoms with E-state index < -0.39 is 21.8 Å².